The van der Waals surface area contributed by atoms with Crippen molar-refractivity contribution < 1.29 is 19.8 Å². The number of aliphatic carboxylic acids is 2. The average molecular weight is 233 g/mol. The molecule has 0 rings (SSSR count). The van der Waals surface area contributed by atoms with Crippen LogP contribution in [0, 0.1) is 0 Å². The largest absolute Gasteiger partial charge is 2.00 e. The van der Waals surface area contributed by atoms with Crippen molar-refractivity contribution in [1.82, 2.24) is 0 Å². The summed E-state index contributed by atoms with van der Waals surface area (Å²) in [6.07, 6.45) is -0.500. The van der Waals surface area contributed by atoms with E-state index >= 15 is 0 Å². The topological polar surface area (TPSA) is 106 Å². The number of hydrogen-bond donors (Lipinski definition) is 1. The van der Waals surface area contributed by atoms with Gasteiger partial charge < -0.3 is 25.5 Å². The van der Waals surface area contributed by atoms with E-state index in [2.05, 4.69) is 0 Å². The predicted molar refractivity (Wildman–Crippen MR) is 33.0 cm³/mol. The minimum absolute atomic E-state index is 0. The van der Waals surface area contributed by atoms with Gasteiger partial charge in [-0.05, 0) is 12.8 Å². The van der Waals surface area contributed by atoms with Crippen molar-refractivity contribution in [3.05, 3.63) is 0 Å². The van der Waals surface area contributed by atoms with Gasteiger partial charge in [-0.3, -0.25) is 0 Å². The molecular weight excluding hydrogens is 226 g/mol. The van der Waals surface area contributed by atoms with Crippen LogP contribution in [0.15, 0.2) is 0 Å². The van der Waals surface area contributed by atoms with Crippen LogP contribution >= 0.6 is 0 Å². The van der Waals surface area contributed by atoms with Gasteiger partial charge in [-0.15, -0.1) is 0 Å². The molecule has 1 unspecified atom stereocenters. The second-order valence-corrected chi connectivity index (χ2v) is 1.84. The fourth-order valence-corrected chi connectivity index (χ4v) is 0.391. The number of carbonyl (C=O) groups is 2. The molecule has 2 N–H and O–H groups in total. The minimum Gasteiger partial charge on any atom is -0.550 e. The summed E-state index contributed by atoms with van der Waals surface area (Å²) in [6, 6.07) is -1.21. The molecule has 1 atom stereocenters. The molecule has 58 valence electrons. The Bertz CT molecular complexity index is 149. The maximum Gasteiger partial charge on any atom is 2.00 e. The van der Waals surface area contributed by atoms with Crippen molar-refractivity contribution in [2.45, 2.75) is 18.9 Å². The Morgan fingerprint density at radius 3 is 2.09 bits per heavy atom. The van der Waals surface area contributed by atoms with E-state index in [0.29, 0.717) is 0 Å². The molecule has 6 heteroatoms. The molecule has 0 spiro atoms. The average Bonchev–Trinajstić information content (AvgIpc) is 1.82. The Hall–Kier alpha value is 0.381. The molecule has 0 saturated heterocycles. The van der Waals surface area contributed by atoms with Crippen LogP contribution in [0.25, 0.3) is 0 Å². The fourth-order valence-electron chi connectivity index (χ4n) is 0.391. The number of nitrogens with two attached hydrogens (primary N) is 1. The van der Waals surface area contributed by atoms with E-state index < -0.39 is 18.0 Å². The first-order valence-corrected chi connectivity index (χ1v) is 2.70. The summed E-state index contributed by atoms with van der Waals surface area (Å²) in [5, 5.41) is 19.6. The van der Waals surface area contributed by atoms with Gasteiger partial charge in [0.05, 0.1) is 5.97 Å². The van der Waals surface area contributed by atoms with Crippen LogP contribution in [-0.2, 0) is 9.59 Å². The van der Waals surface area contributed by atoms with Gasteiger partial charge >= 0.3 is 45.5 Å². The van der Waals surface area contributed by atoms with Crippen molar-refractivity contribution in [2.75, 3.05) is 0 Å². The Labute approximate surface area is 101 Å². The van der Waals surface area contributed by atoms with Gasteiger partial charge in [-0.1, -0.05) is 0 Å². The summed E-state index contributed by atoms with van der Waals surface area (Å²) in [5.41, 5.74) is 4.91. The summed E-state index contributed by atoms with van der Waals surface area (Å²) in [5.74, 6) is -2.75. The number of hydrogen-bond acceptors (Lipinski definition) is 5. The molecule has 0 radical (unpaired) electrons. The van der Waals surface area contributed by atoms with Gasteiger partial charge in [0, 0.05) is 12.0 Å². The molecule has 0 aliphatic heterocycles. The Balaban J connectivity index is 0. The van der Waals surface area contributed by atoms with E-state index in [1.54, 1.807) is 0 Å². The molecule has 0 aromatic carbocycles. The number of rotatable bonds is 4. The first-order chi connectivity index (χ1) is 4.54. The smallest absolute Gasteiger partial charge is 0.550 e. The number of carbonyl (C=O) groups excluding carboxylic acids is 2. The minimum atomic E-state index is -1.44. The molecule has 0 saturated carbocycles. The molecule has 0 aromatic heterocycles. The summed E-state index contributed by atoms with van der Waals surface area (Å²) >= 11 is 0. The molecule has 5 nitrogen and oxygen atoms in total. The first-order valence-electron chi connectivity index (χ1n) is 2.70. The Morgan fingerprint density at radius 1 is 1.36 bits per heavy atom. The molecule has 0 heterocycles. The summed E-state index contributed by atoms with van der Waals surface area (Å²) in [4.78, 5) is 19.6. The van der Waals surface area contributed by atoms with Gasteiger partial charge in [-0.2, -0.15) is 0 Å². The van der Waals surface area contributed by atoms with Crippen LogP contribution in [-0.4, -0.2) is 63.5 Å². The third-order valence-electron chi connectivity index (χ3n) is 0.962. The van der Waals surface area contributed by atoms with Crippen LogP contribution in [0.4, 0.5) is 0 Å². The quantitative estimate of drug-likeness (QED) is 0.501. The normalized spacial score (nSPS) is 11.4. The van der Waals surface area contributed by atoms with E-state index in [4.69, 9.17) is 5.73 Å². The van der Waals surface area contributed by atoms with E-state index in [1.165, 1.54) is 0 Å². The molecule has 0 fully saturated rings. The predicted octanol–water partition coefficient (Wildman–Crippen LogP) is -3.79. The Kier molecular flexibility index (Phi) is 8.94. The SMILES string of the molecule is NC(CCC(=O)[O-])C(=O)[O-].[Sr+2]. The third-order valence-corrected chi connectivity index (χ3v) is 0.962. The summed E-state index contributed by atoms with van der Waals surface area (Å²) < 4.78 is 0. The molecule has 0 aromatic rings. The second-order valence-electron chi connectivity index (χ2n) is 1.84. The van der Waals surface area contributed by atoms with Gasteiger partial charge in [0.2, 0.25) is 0 Å². The monoisotopic (exact) mass is 233 g/mol. The van der Waals surface area contributed by atoms with Gasteiger partial charge in [0.15, 0.2) is 0 Å². The standard InChI is InChI=1S/C5H9NO4.Sr/c6-3(5(9)10)1-2-4(7)8;/h3H,1-2,6H2,(H,7,8)(H,9,10);/q;+2/p-2. The molecule has 0 aliphatic rings. The molecule has 0 bridgehead atoms. The van der Waals surface area contributed by atoms with Crippen molar-refractivity contribution in [3.63, 3.8) is 0 Å². The van der Waals surface area contributed by atoms with E-state index in [0.717, 1.165) is 0 Å². The van der Waals surface area contributed by atoms with Crippen molar-refractivity contribution in [2.24, 2.45) is 5.73 Å². The van der Waals surface area contributed by atoms with Gasteiger partial charge in [0.25, 0.3) is 0 Å². The maximum absolute atomic E-state index is 9.86. The molecular formula is C5H7NO4Sr. The number of carboxylic acids is 2. The zero-order chi connectivity index (χ0) is 8.15. The zero-order valence-electron chi connectivity index (χ0n) is 5.91. The van der Waals surface area contributed by atoms with E-state index in [-0.39, 0.29) is 58.3 Å². The summed E-state index contributed by atoms with van der Waals surface area (Å²) in [6.45, 7) is 0. The van der Waals surface area contributed by atoms with Crippen molar-refractivity contribution in [1.29, 1.82) is 0 Å². The third kappa shape index (κ3) is 8.29. The van der Waals surface area contributed by atoms with Crippen LogP contribution in [0.3, 0.4) is 0 Å². The van der Waals surface area contributed by atoms with Gasteiger partial charge in [0.1, 0.15) is 0 Å². The molecule has 0 amide bonds. The zero-order valence-corrected chi connectivity index (χ0v) is 9.39. The molecule has 11 heavy (non-hydrogen) atoms. The molecule has 0 aliphatic carbocycles. The van der Waals surface area contributed by atoms with E-state index in [1.807, 2.05) is 0 Å². The van der Waals surface area contributed by atoms with Crippen molar-refractivity contribution in [3.8, 4) is 0 Å². The number of carboxylic acid groups (broad SMARTS) is 2. The van der Waals surface area contributed by atoms with Crippen LogP contribution < -0.4 is 15.9 Å². The van der Waals surface area contributed by atoms with Crippen LogP contribution in [0.1, 0.15) is 12.8 Å². The van der Waals surface area contributed by atoms with Crippen LogP contribution in [0.2, 0.25) is 0 Å². The van der Waals surface area contributed by atoms with E-state index in [9.17, 15) is 19.8 Å². The fraction of sp³-hybridized carbons (Fsp3) is 0.600. The van der Waals surface area contributed by atoms with Gasteiger partial charge in [-0.25, -0.2) is 0 Å². The maximum atomic E-state index is 9.86. The first kappa shape index (κ1) is 13.9. The summed E-state index contributed by atoms with van der Waals surface area (Å²) in [7, 11) is 0. The second kappa shape index (κ2) is 7.05. The Morgan fingerprint density at radius 2 is 1.82 bits per heavy atom. The van der Waals surface area contributed by atoms with Crippen LogP contribution in [0.5, 0.6) is 0 Å². The van der Waals surface area contributed by atoms with Crippen molar-refractivity contribution >= 4 is 57.4 Å².